The molecule has 182 valence electrons. The molecule has 1 aromatic heterocycles. The number of amides is 2. The lowest BCUT2D eigenvalue weighted by Gasteiger charge is -2.36. The minimum Gasteiger partial charge on any atom is -0.459 e. The first kappa shape index (κ1) is 25.4. The van der Waals surface area contributed by atoms with Crippen LogP contribution in [0.15, 0.2) is 33.3 Å². The Labute approximate surface area is 194 Å². The fraction of sp³-hybridized carbons (Fsp3) is 0.600. The monoisotopic (exact) mass is 461 g/mol. The number of aliphatic hydroxyl groups excluding tert-OH is 4. The summed E-state index contributed by atoms with van der Waals surface area (Å²) in [6, 6.07) is 3.48. The topological polar surface area (TPSA) is 131 Å². The Hall–Kier alpha value is -2.26. The van der Waals surface area contributed by atoms with E-state index in [9.17, 15) is 24.9 Å². The van der Waals surface area contributed by atoms with Gasteiger partial charge in [0.15, 0.2) is 0 Å². The summed E-state index contributed by atoms with van der Waals surface area (Å²) in [5.74, 6) is -1.42. The minimum atomic E-state index is -0.951. The van der Waals surface area contributed by atoms with Gasteiger partial charge in [0.2, 0.25) is 11.8 Å². The fourth-order valence-corrected chi connectivity index (χ4v) is 5.20. The van der Waals surface area contributed by atoms with Gasteiger partial charge in [-0.3, -0.25) is 14.5 Å². The van der Waals surface area contributed by atoms with E-state index in [2.05, 4.69) is 0 Å². The number of rotatable bonds is 11. The molecule has 0 spiro atoms. The molecule has 1 saturated heterocycles. The summed E-state index contributed by atoms with van der Waals surface area (Å²) in [5, 5.41) is 40.4. The zero-order valence-corrected chi connectivity index (χ0v) is 19.4. The van der Waals surface area contributed by atoms with Gasteiger partial charge in [0.05, 0.1) is 31.2 Å². The molecule has 8 nitrogen and oxygen atoms in total. The summed E-state index contributed by atoms with van der Waals surface area (Å²) in [4.78, 5) is 27.1. The zero-order valence-electron chi connectivity index (χ0n) is 19.4. The molecule has 1 aliphatic carbocycles. The molecule has 4 atom stereocenters. The van der Waals surface area contributed by atoms with Crippen molar-refractivity contribution in [3.63, 3.8) is 0 Å². The van der Waals surface area contributed by atoms with Crippen molar-refractivity contribution in [1.29, 1.82) is 0 Å². The van der Waals surface area contributed by atoms with Gasteiger partial charge in [-0.1, -0.05) is 19.4 Å². The molecule has 3 rings (SSSR count). The second-order valence-corrected chi connectivity index (χ2v) is 8.84. The third-order valence-corrected chi connectivity index (χ3v) is 6.85. The lowest BCUT2D eigenvalue weighted by Crippen LogP contribution is -2.39. The van der Waals surface area contributed by atoms with E-state index in [0.717, 1.165) is 12.0 Å². The fourth-order valence-electron chi connectivity index (χ4n) is 5.20. The number of fused-ring (bicyclic) bond motifs is 1. The number of nitrogens with zero attached hydrogens (tertiary/aromatic N) is 1. The quantitative estimate of drug-likeness (QED) is 0.293. The maximum absolute atomic E-state index is 13.0. The summed E-state index contributed by atoms with van der Waals surface area (Å²) in [5.41, 5.74) is 2.08. The van der Waals surface area contributed by atoms with E-state index < -0.39 is 23.9 Å². The number of hydrogen-bond donors (Lipinski definition) is 4. The number of imide groups is 1. The Morgan fingerprint density at radius 3 is 2.52 bits per heavy atom. The summed E-state index contributed by atoms with van der Waals surface area (Å²) in [6.07, 6.45) is 3.44. The van der Waals surface area contributed by atoms with Crippen LogP contribution in [0.25, 0.3) is 6.08 Å². The van der Waals surface area contributed by atoms with E-state index in [1.807, 2.05) is 19.9 Å². The van der Waals surface area contributed by atoms with Crippen molar-refractivity contribution < 1.29 is 34.4 Å². The molecule has 1 aromatic rings. The Balaban J connectivity index is 1.80. The van der Waals surface area contributed by atoms with Crippen molar-refractivity contribution in [1.82, 2.24) is 4.90 Å². The van der Waals surface area contributed by atoms with E-state index in [0.29, 0.717) is 48.5 Å². The van der Waals surface area contributed by atoms with Gasteiger partial charge in [-0.05, 0) is 61.5 Å². The number of likely N-dealkylation sites (tertiary alicyclic amines) is 1. The Kier molecular flexibility index (Phi) is 8.64. The van der Waals surface area contributed by atoms with E-state index in [1.165, 1.54) is 4.90 Å². The van der Waals surface area contributed by atoms with Crippen molar-refractivity contribution in [3.8, 4) is 0 Å². The van der Waals surface area contributed by atoms with E-state index in [4.69, 9.17) is 9.52 Å². The number of carbonyl (C=O) groups is 2. The summed E-state index contributed by atoms with van der Waals surface area (Å²) >= 11 is 0. The van der Waals surface area contributed by atoms with Gasteiger partial charge < -0.3 is 24.8 Å². The second kappa shape index (κ2) is 11.2. The van der Waals surface area contributed by atoms with Crippen molar-refractivity contribution in [3.05, 3.63) is 40.4 Å². The van der Waals surface area contributed by atoms with Crippen LogP contribution in [0.2, 0.25) is 0 Å². The lowest BCUT2D eigenvalue weighted by atomic mass is 9.68. The maximum atomic E-state index is 13.0. The van der Waals surface area contributed by atoms with Gasteiger partial charge in [-0.2, -0.15) is 0 Å². The first-order chi connectivity index (χ1) is 15.9. The SMILES string of the molecule is CCCN1C(=O)[C@@H]2[C@@H](CC(CO)=C([C@H](O)CC/C(=C/c3ccc(CO)o3)CC)[C@@H]2CO)C1=O. The van der Waals surface area contributed by atoms with Crippen LogP contribution >= 0.6 is 0 Å². The number of carbonyl (C=O) groups excluding carboxylic acids is 2. The van der Waals surface area contributed by atoms with Crippen molar-refractivity contribution >= 4 is 17.9 Å². The molecule has 0 unspecified atom stereocenters. The highest BCUT2D eigenvalue weighted by Gasteiger charge is 2.54. The third-order valence-electron chi connectivity index (χ3n) is 6.85. The molecule has 2 aliphatic rings. The van der Waals surface area contributed by atoms with E-state index >= 15 is 0 Å². The smallest absolute Gasteiger partial charge is 0.233 e. The summed E-state index contributed by atoms with van der Waals surface area (Å²) < 4.78 is 5.52. The van der Waals surface area contributed by atoms with Gasteiger partial charge >= 0.3 is 0 Å². The van der Waals surface area contributed by atoms with Crippen molar-refractivity contribution in [2.75, 3.05) is 19.8 Å². The molecule has 0 radical (unpaired) electrons. The lowest BCUT2D eigenvalue weighted by molar-refractivity contribution is -0.140. The third kappa shape index (κ3) is 5.14. The van der Waals surface area contributed by atoms with Crippen LogP contribution in [0.5, 0.6) is 0 Å². The standard InChI is InChI=1S/C25H35NO7/c1-3-9-26-24(31)19-11-16(12-27)22(20(14-29)23(19)25(26)32)21(30)8-5-15(4-2)10-17-6-7-18(13-28)33-17/h6-7,10,19-21,23,27-30H,3-5,8-9,11-14H2,1-2H3/b15-10+/t19-,20+,21-,23-/m1/s1. The highest BCUT2D eigenvalue weighted by molar-refractivity contribution is 6.05. The van der Waals surface area contributed by atoms with E-state index in [1.54, 1.807) is 12.1 Å². The molecule has 4 N–H and O–H groups in total. The average molecular weight is 462 g/mol. The molecule has 1 fully saturated rings. The van der Waals surface area contributed by atoms with Gasteiger partial charge in [0, 0.05) is 12.5 Å². The van der Waals surface area contributed by atoms with Crippen molar-refractivity contribution in [2.45, 2.75) is 58.7 Å². The molecule has 2 heterocycles. The van der Waals surface area contributed by atoms with Crippen LogP contribution in [0, 0.1) is 17.8 Å². The Morgan fingerprint density at radius 2 is 1.94 bits per heavy atom. The molecule has 0 aromatic carbocycles. The average Bonchev–Trinajstić information content (AvgIpc) is 3.38. The van der Waals surface area contributed by atoms with Crippen LogP contribution in [0.4, 0.5) is 0 Å². The number of furan rings is 1. The van der Waals surface area contributed by atoms with Crippen LogP contribution in [0.1, 0.15) is 57.5 Å². The van der Waals surface area contributed by atoms with Crippen LogP contribution in [-0.2, 0) is 16.2 Å². The Bertz CT molecular complexity index is 916. The largest absolute Gasteiger partial charge is 0.459 e. The van der Waals surface area contributed by atoms with Gasteiger partial charge in [0.25, 0.3) is 0 Å². The zero-order chi connectivity index (χ0) is 24.1. The predicted molar refractivity (Wildman–Crippen MR) is 121 cm³/mol. The first-order valence-electron chi connectivity index (χ1n) is 11.8. The molecular formula is C25H35NO7. The number of allylic oxidation sites excluding steroid dienone is 1. The summed E-state index contributed by atoms with van der Waals surface area (Å²) in [6.45, 7) is 3.36. The Morgan fingerprint density at radius 1 is 1.18 bits per heavy atom. The maximum Gasteiger partial charge on any atom is 0.233 e. The number of hydrogen-bond acceptors (Lipinski definition) is 7. The summed E-state index contributed by atoms with van der Waals surface area (Å²) in [7, 11) is 0. The van der Waals surface area contributed by atoms with Crippen LogP contribution in [0.3, 0.4) is 0 Å². The van der Waals surface area contributed by atoms with Gasteiger partial charge in [-0.25, -0.2) is 0 Å². The second-order valence-electron chi connectivity index (χ2n) is 8.84. The molecule has 2 amide bonds. The number of aliphatic hydroxyl groups is 4. The molecule has 0 bridgehead atoms. The molecular weight excluding hydrogens is 426 g/mol. The molecule has 8 heteroatoms. The van der Waals surface area contributed by atoms with E-state index in [-0.39, 0.29) is 38.1 Å². The van der Waals surface area contributed by atoms with Crippen LogP contribution in [-0.4, -0.2) is 63.0 Å². The van der Waals surface area contributed by atoms with Crippen LogP contribution < -0.4 is 0 Å². The van der Waals surface area contributed by atoms with Gasteiger partial charge in [0.1, 0.15) is 18.1 Å². The van der Waals surface area contributed by atoms with Gasteiger partial charge in [-0.15, -0.1) is 0 Å². The first-order valence-corrected chi connectivity index (χ1v) is 11.8. The van der Waals surface area contributed by atoms with Crippen molar-refractivity contribution in [2.24, 2.45) is 17.8 Å². The molecule has 33 heavy (non-hydrogen) atoms. The highest BCUT2D eigenvalue weighted by atomic mass is 16.4. The molecule has 0 saturated carbocycles. The normalized spacial score (nSPS) is 24.6. The highest BCUT2D eigenvalue weighted by Crippen LogP contribution is 2.46. The predicted octanol–water partition coefficient (Wildman–Crippen LogP) is 2.02. The molecule has 1 aliphatic heterocycles. The minimum absolute atomic E-state index is 0.173.